The molecule has 1 aliphatic carbocycles. The van der Waals surface area contributed by atoms with E-state index < -0.39 is 27.5 Å². The monoisotopic (exact) mass is 745 g/mol. The SMILES string of the molecule is CC1(C)CC(C(CCNc2cccc(S(=O)(=O)NC(=O)c3ccc(-n4ccc(OCCC5(C(F)(F)F)CC5)n4)nc3Cl)n2)c2ccccc2)CN1. The molecular weight excluding hydrogens is 707 g/mol. The first kappa shape index (κ1) is 36.6. The van der Waals surface area contributed by atoms with Gasteiger partial charge >= 0.3 is 6.18 Å². The van der Waals surface area contributed by atoms with E-state index in [1.54, 1.807) is 6.07 Å². The Morgan fingerprint density at radius 1 is 1.08 bits per heavy atom. The summed E-state index contributed by atoms with van der Waals surface area (Å²) >= 11 is 6.28. The molecular formula is C35H39ClF3N7O4S. The number of benzene rings is 1. The number of anilines is 1. The second-order valence-electron chi connectivity index (χ2n) is 13.7. The maximum Gasteiger partial charge on any atom is 0.394 e. The topological polar surface area (TPSA) is 140 Å². The number of hydrogen-bond donors (Lipinski definition) is 3. The summed E-state index contributed by atoms with van der Waals surface area (Å²) in [6.07, 6.45) is -0.939. The molecule has 51 heavy (non-hydrogen) atoms. The maximum atomic E-state index is 13.2. The molecule has 1 saturated heterocycles. The zero-order valence-corrected chi connectivity index (χ0v) is 29.7. The second kappa shape index (κ2) is 14.4. The van der Waals surface area contributed by atoms with Gasteiger partial charge < -0.3 is 15.4 Å². The number of ether oxygens (including phenoxy) is 1. The van der Waals surface area contributed by atoms with Crippen LogP contribution in [0.4, 0.5) is 19.0 Å². The molecule has 16 heteroatoms. The number of carbonyl (C=O) groups excluding carboxylic acids is 1. The van der Waals surface area contributed by atoms with Gasteiger partial charge in [-0.15, -0.1) is 5.10 Å². The number of rotatable bonds is 14. The van der Waals surface area contributed by atoms with Crippen molar-refractivity contribution in [3.8, 4) is 11.7 Å². The minimum Gasteiger partial charge on any atom is -0.477 e. The van der Waals surface area contributed by atoms with Crippen LogP contribution in [0.25, 0.3) is 5.82 Å². The van der Waals surface area contributed by atoms with Crippen LogP contribution >= 0.6 is 11.6 Å². The highest BCUT2D eigenvalue weighted by molar-refractivity contribution is 7.90. The smallest absolute Gasteiger partial charge is 0.394 e. The minimum atomic E-state index is -4.39. The molecule has 3 N–H and O–H groups in total. The van der Waals surface area contributed by atoms with E-state index in [4.69, 9.17) is 16.3 Å². The van der Waals surface area contributed by atoms with Crippen LogP contribution < -0.4 is 20.1 Å². The van der Waals surface area contributed by atoms with Crippen molar-refractivity contribution < 1.29 is 31.1 Å². The molecule has 4 heterocycles. The minimum absolute atomic E-state index is 0.0631. The number of hydrogen-bond acceptors (Lipinski definition) is 9. The summed E-state index contributed by atoms with van der Waals surface area (Å²) in [5.74, 6) is 0.335. The van der Waals surface area contributed by atoms with Gasteiger partial charge in [-0.3, -0.25) is 4.79 Å². The van der Waals surface area contributed by atoms with Crippen molar-refractivity contribution in [2.45, 2.75) is 68.6 Å². The fourth-order valence-corrected chi connectivity index (χ4v) is 7.70. The number of alkyl halides is 3. The fourth-order valence-electron chi connectivity index (χ4n) is 6.52. The molecule has 272 valence electrons. The van der Waals surface area contributed by atoms with Crippen LogP contribution in [-0.4, -0.2) is 65.5 Å². The Morgan fingerprint density at radius 3 is 2.51 bits per heavy atom. The Labute approximate surface area is 299 Å². The standard InChI is InChI=1S/C35H39ClF3N7O4S/c1-33(2)21-24(22-41-33)25(23-7-4-3-5-8-23)13-18-40-27-9-6-10-30(42-27)51(48,49)45-32(47)26-11-12-28(43-31(26)36)46-19-14-29(44-46)50-20-17-34(15-16-34)35(37,38)39/h3-12,14,19,24-25,41H,13,15-18,20-22H2,1-2H3,(H,40,42)(H,45,47). The zero-order valence-electron chi connectivity index (χ0n) is 28.1. The number of amides is 1. The van der Waals surface area contributed by atoms with E-state index in [2.05, 4.69) is 51.7 Å². The van der Waals surface area contributed by atoms with Gasteiger partial charge in [-0.1, -0.05) is 48.0 Å². The van der Waals surface area contributed by atoms with Crippen molar-refractivity contribution >= 4 is 33.3 Å². The van der Waals surface area contributed by atoms with Crippen LogP contribution in [-0.2, 0) is 10.0 Å². The highest BCUT2D eigenvalue weighted by Gasteiger charge is 2.62. The van der Waals surface area contributed by atoms with Crippen molar-refractivity contribution in [1.82, 2.24) is 29.8 Å². The third-order valence-corrected chi connectivity index (χ3v) is 11.1. The van der Waals surface area contributed by atoms with Crippen LogP contribution in [0.15, 0.2) is 78.0 Å². The summed E-state index contributed by atoms with van der Waals surface area (Å²) in [5.41, 5.74) is -0.569. The molecule has 0 radical (unpaired) electrons. The lowest BCUT2D eigenvalue weighted by atomic mass is 9.80. The van der Waals surface area contributed by atoms with Gasteiger partial charge in [0.05, 0.1) is 17.6 Å². The lowest BCUT2D eigenvalue weighted by molar-refractivity contribution is -0.190. The molecule has 1 aliphatic heterocycles. The molecule has 1 aromatic carbocycles. The summed E-state index contributed by atoms with van der Waals surface area (Å²) in [6, 6.07) is 19.0. The number of nitrogens with one attached hydrogen (secondary N) is 3. The van der Waals surface area contributed by atoms with Gasteiger partial charge in [0.25, 0.3) is 15.9 Å². The van der Waals surface area contributed by atoms with E-state index in [9.17, 15) is 26.4 Å². The van der Waals surface area contributed by atoms with E-state index >= 15 is 0 Å². The quantitative estimate of drug-likeness (QED) is 0.123. The number of carbonyl (C=O) groups is 1. The summed E-state index contributed by atoms with van der Waals surface area (Å²) in [4.78, 5) is 21.4. The number of nitrogens with zero attached hydrogens (tertiary/aromatic N) is 4. The van der Waals surface area contributed by atoms with Crippen molar-refractivity contribution in [2.75, 3.05) is 25.0 Å². The van der Waals surface area contributed by atoms with E-state index in [0.717, 1.165) is 19.4 Å². The summed E-state index contributed by atoms with van der Waals surface area (Å²) in [5, 5.41) is 10.4. The first-order valence-electron chi connectivity index (χ1n) is 16.6. The molecule has 4 aromatic rings. The Morgan fingerprint density at radius 2 is 1.84 bits per heavy atom. The molecule has 2 atom stereocenters. The van der Waals surface area contributed by atoms with Gasteiger partial charge in [0.1, 0.15) is 11.0 Å². The predicted molar refractivity (Wildman–Crippen MR) is 186 cm³/mol. The molecule has 2 fully saturated rings. The third-order valence-electron chi connectivity index (χ3n) is 9.56. The molecule has 11 nitrogen and oxygen atoms in total. The number of aromatic nitrogens is 4. The molecule has 1 saturated carbocycles. The first-order chi connectivity index (χ1) is 24.1. The molecule has 0 bridgehead atoms. The van der Waals surface area contributed by atoms with Crippen LogP contribution in [0.3, 0.4) is 0 Å². The molecule has 2 unspecified atom stereocenters. The Kier molecular flexibility index (Phi) is 10.3. The van der Waals surface area contributed by atoms with Crippen molar-refractivity contribution in [3.05, 3.63) is 89.2 Å². The molecule has 0 spiro atoms. The summed E-state index contributed by atoms with van der Waals surface area (Å²) in [6.45, 7) is 5.72. The van der Waals surface area contributed by atoms with Crippen LogP contribution in [0.2, 0.25) is 5.15 Å². The van der Waals surface area contributed by atoms with E-state index in [1.807, 2.05) is 22.9 Å². The van der Waals surface area contributed by atoms with Gasteiger partial charge in [-0.2, -0.15) is 21.6 Å². The fraction of sp³-hybridized carbons (Fsp3) is 0.429. The van der Waals surface area contributed by atoms with E-state index in [0.29, 0.717) is 24.2 Å². The molecule has 3 aromatic heterocycles. The van der Waals surface area contributed by atoms with Gasteiger partial charge in [0.2, 0.25) is 5.88 Å². The lowest BCUT2D eigenvalue weighted by Gasteiger charge is -2.25. The average molecular weight is 746 g/mol. The molecule has 6 rings (SSSR count). The van der Waals surface area contributed by atoms with E-state index in [1.165, 1.54) is 46.8 Å². The van der Waals surface area contributed by atoms with Crippen molar-refractivity contribution in [1.29, 1.82) is 0 Å². The largest absolute Gasteiger partial charge is 0.477 e. The van der Waals surface area contributed by atoms with Crippen LogP contribution in [0.1, 0.15) is 67.8 Å². The lowest BCUT2D eigenvalue weighted by Crippen LogP contribution is -2.31. The second-order valence-corrected chi connectivity index (χ2v) is 15.7. The average Bonchev–Trinajstić information content (AvgIpc) is 3.60. The van der Waals surface area contributed by atoms with Crippen LogP contribution in [0.5, 0.6) is 5.88 Å². The predicted octanol–water partition coefficient (Wildman–Crippen LogP) is 6.52. The summed E-state index contributed by atoms with van der Waals surface area (Å²) < 4.78 is 74.6. The van der Waals surface area contributed by atoms with Gasteiger partial charge in [0, 0.05) is 24.3 Å². The molecule has 1 amide bonds. The Hall–Kier alpha value is -4.21. The normalized spacial score (nSPS) is 18.6. The van der Waals surface area contributed by atoms with Crippen molar-refractivity contribution in [2.24, 2.45) is 11.3 Å². The van der Waals surface area contributed by atoms with Gasteiger partial charge in [-0.25, -0.2) is 19.4 Å². The number of sulfonamides is 1. The third kappa shape index (κ3) is 8.64. The van der Waals surface area contributed by atoms with Gasteiger partial charge in [-0.05, 0) is 94.2 Å². The van der Waals surface area contributed by atoms with Crippen molar-refractivity contribution in [3.63, 3.8) is 0 Å². The van der Waals surface area contributed by atoms with Crippen LogP contribution in [0, 0.1) is 11.3 Å². The highest BCUT2D eigenvalue weighted by Crippen LogP contribution is 2.59. The Bertz CT molecular complexity index is 1970. The summed E-state index contributed by atoms with van der Waals surface area (Å²) in [7, 11) is -4.39. The maximum absolute atomic E-state index is 13.2. The molecule has 2 aliphatic rings. The number of halogens is 4. The van der Waals surface area contributed by atoms with Gasteiger partial charge in [0.15, 0.2) is 10.8 Å². The Balaban J connectivity index is 1.05. The van der Waals surface area contributed by atoms with E-state index in [-0.39, 0.29) is 58.8 Å². The highest BCUT2D eigenvalue weighted by atomic mass is 35.5. The number of pyridine rings is 2. The first-order valence-corrected chi connectivity index (χ1v) is 18.5. The zero-order chi connectivity index (χ0) is 36.4.